The van der Waals surface area contributed by atoms with Crippen LogP contribution in [0.3, 0.4) is 0 Å². The summed E-state index contributed by atoms with van der Waals surface area (Å²) in [4.78, 5) is 11.5. The number of ether oxygens (including phenoxy) is 1. The first-order valence-corrected chi connectivity index (χ1v) is 6.57. The average molecular weight is 278 g/mol. The summed E-state index contributed by atoms with van der Waals surface area (Å²) in [7, 11) is 1.39. The number of methoxy groups -OCH3 is 1. The number of benzene rings is 1. The Kier molecular flexibility index (Phi) is 4.63. The molecule has 1 aromatic carbocycles. The molecule has 0 unspecified atom stereocenters. The third-order valence-corrected chi connectivity index (χ3v) is 3.40. The lowest BCUT2D eigenvalue weighted by Gasteiger charge is -2.08. The van der Waals surface area contributed by atoms with E-state index in [-0.39, 0.29) is 5.97 Å². The summed E-state index contributed by atoms with van der Waals surface area (Å²) in [5.41, 5.74) is 1.72. The smallest absolute Gasteiger partial charge is 0.354 e. The minimum Gasteiger partial charge on any atom is -0.464 e. The van der Waals surface area contributed by atoms with Crippen molar-refractivity contribution in [2.75, 3.05) is 7.11 Å². The molecule has 0 radical (unpaired) electrons. The van der Waals surface area contributed by atoms with Crippen LogP contribution in [0.4, 0.5) is 0 Å². The number of esters is 1. The number of hydrogen-bond acceptors (Lipinski definition) is 2. The molecule has 0 saturated carbocycles. The number of nitrogens with zero attached hydrogens (tertiary/aromatic N) is 1. The van der Waals surface area contributed by atoms with Gasteiger partial charge in [0.2, 0.25) is 0 Å². The quantitative estimate of drug-likeness (QED) is 0.783. The van der Waals surface area contributed by atoms with Crippen molar-refractivity contribution in [1.82, 2.24) is 4.57 Å². The zero-order valence-corrected chi connectivity index (χ0v) is 11.6. The lowest BCUT2D eigenvalue weighted by Crippen LogP contribution is -2.10. The Hall–Kier alpha value is -1.74. The maximum Gasteiger partial charge on any atom is 0.354 e. The van der Waals surface area contributed by atoms with E-state index >= 15 is 0 Å². The van der Waals surface area contributed by atoms with Crippen molar-refractivity contribution in [2.45, 2.75) is 19.4 Å². The van der Waals surface area contributed by atoms with E-state index < -0.39 is 0 Å². The summed E-state index contributed by atoms with van der Waals surface area (Å²) in [5.74, 6) is -0.303. The first-order chi connectivity index (χ1) is 9.22. The SMILES string of the molecule is COC(=O)c1cccn1CCCc1ccccc1Cl. The van der Waals surface area contributed by atoms with Gasteiger partial charge in [-0.05, 0) is 36.6 Å². The van der Waals surface area contributed by atoms with Crippen molar-refractivity contribution in [3.05, 3.63) is 58.9 Å². The van der Waals surface area contributed by atoms with Gasteiger partial charge in [-0.25, -0.2) is 4.79 Å². The van der Waals surface area contributed by atoms with Crippen molar-refractivity contribution in [3.63, 3.8) is 0 Å². The molecule has 0 saturated heterocycles. The van der Waals surface area contributed by atoms with Crippen LogP contribution < -0.4 is 0 Å². The molecule has 0 fully saturated rings. The Labute approximate surface area is 117 Å². The van der Waals surface area contributed by atoms with Gasteiger partial charge in [0, 0.05) is 17.8 Å². The third kappa shape index (κ3) is 3.38. The van der Waals surface area contributed by atoms with Crippen molar-refractivity contribution in [1.29, 1.82) is 0 Å². The first-order valence-electron chi connectivity index (χ1n) is 6.19. The van der Waals surface area contributed by atoms with E-state index in [1.54, 1.807) is 6.07 Å². The molecule has 100 valence electrons. The van der Waals surface area contributed by atoms with Gasteiger partial charge < -0.3 is 9.30 Å². The third-order valence-electron chi connectivity index (χ3n) is 3.03. The number of rotatable bonds is 5. The van der Waals surface area contributed by atoms with Gasteiger partial charge in [-0.3, -0.25) is 0 Å². The monoisotopic (exact) mass is 277 g/mol. The Morgan fingerprint density at radius 2 is 2.05 bits per heavy atom. The Morgan fingerprint density at radius 3 is 2.79 bits per heavy atom. The second kappa shape index (κ2) is 6.43. The number of aromatic nitrogens is 1. The van der Waals surface area contributed by atoms with E-state index in [0.717, 1.165) is 30.0 Å². The van der Waals surface area contributed by atoms with Crippen LogP contribution in [-0.4, -0.2) is 17.6 Å². The standard InChI is InChI=1S/C15H16ClNO2/c1-19-15(18)14-9-5-11-17(14)10-4-7-12-6-2-3-8-13(12)16/h2-3,5-6,8-9,11H,4,7,10H2,1H3. The van der Waals surface area contributed by atoms with Crippen LogP contribution in [0.2, 0.25) is 5.02 Å². The highest BCUT2D eigenvalue weighted by molar-refractivity contribution is 6.31. The van der Waals surface area contributed by atoms with Gasteiger partial charge in [0.15, 0.2) is 0 Å². The molecule has 0 aliphatic carbocycles. The lowest BCUT2D eigenvalue weighted by molar-refractivity contribution is 0.0588. The second-order valence-corrected chi connectivity index (χ2v) is 4.68. The fourth-order valence-corrected chi connectivity index (χ4v) is 2.27. The van der Waals surface area contributed by atoms with Gasteiger partial charge in [0.05, 0.1) is 7.11 Å². The molecule has 0 aliphatic rings. The van der Waals surface area contributed by atoms with Gasteiger partial charge >= 0.3 is 5.97 Å². The number of carbonyl (C=O) groups is 1. The van der Waals surface area contributed by atoms with Crippen molar-refractivity contribution < 1.29 is 9.53 Å². The maximum absolute atomic E-state index is 11.5. The minimum atomic E-state index is -0.303. The molecule has 0 N–H and O–H groups in total. The molecule has 0 amide bonds. The Morgan fingerprint density at radius 1 is 1.26 bits per heavy atom. The van der Waals surface area contributed by atoms with Crippen LogP contribution in [0.1, 0.15) is 22.5 Å². The number of halogens is 1. The van der Waals surface area contributed by atoms with Crippen LogP contribution in [0.5, 0.6) is 0 Å². The molecule has 3 nitrogen and oxygen atoms in total. The van der Waals surface area contributed by atoms with Gasteiger partial charge in [-0.15, -0.1) is 0 Å². The molecule has 1 aromatic heterocycles. The molecular formula is C15H16ClNO2. The van der Waals surface area contributed by atoms with E-state index in [9.17, 15) is 4.79 Å². The molecule has 2 rings (SSSR count). The molecule has 4 heteroatoms. The predicted molar refractivity (Wildman–Crippen MR) is 75.5 cm³/mol. The summed E-state index contributed by atoms with van der Waals surface area (Å²) in [6, 6.07) is 11.4. The topological polar surface area (TPSA) is 31.2 Å². The second-order valence-electron chi connectivity index (χ2n) is 4.27. The largest absolute Gasteiger partial charge is 0.464 e. The molecular weight excluding hydrogens is 262 g/mol. The van der Waals surface area contributed by atoms with Gasteiger partial charge in [-0.2, -0.15) is 0 Å². The molecule has 0 spiro atoms. The van der Waals surface area contributed by atoms with E-state index in [2.05, 4.69) is 0 Å². The summed E-state index contributed by atoms with van der Waals surface area (Å²) >= 11 is 6.11. The van der Waals surface area contributed by atoms with Crippen LogP contribution in [0.15, 0.2) is 42.6 Å². The lowest BCUT2D eigenvalue weighted by atomic mass is 10.1. The maximum atomic E-state index is 11.5. The first kappa shape index (κ1) is 13.7. The average Bonchev–Trinajstić information content (AvgIpc) is 2.88. The molecule has 0 bridgehead atoms. The van der Waals surface area contributed by atoms with Gasteiger partial charge in [0.25, 0.3) is 0 Å². The summed E-state index contributed by atoms with van der Waals surface area (Å²) in [6.45, 7) is 0.767. The molecule has 19 heavy (non-hydrogen) atoms. The number of hydrogen-bond donors (Lipinski definition) is 0. The van der Waals surface area contributed by atoms with Crippen LogP contribution in [-0.2, 0) is 17.7 Å². The van der Waals surface area contributed by atoms with Crippen LogP contribution in [0, 0.1) is 0 Å². The fraction of sp³-hybridized carbons (Fsp3) is 0.267. The van der Waals surface area contributed by atoms with Crippen LogP contribution in [0.25, 0.3) is 0 Å². The highest BCUT2D eigenvalue weighted by Crippen LogP contribution is 2.17. The molecule has 0 atom stereocenters. The fourth-order valence-electron chi connectivity index (χ4n) is 2.04. The van der Waals surface area contributed by atoms with E-state index in [4.69, 9.17) is 16.3 Å². The molecule has 0 aliphatic heterocycles. The highest BCUT2D eigenvalue weighted by atomic mass is 35.5. The summed E-state index contributed by atoms with van der Waals surface area (Å²) in [5, 5.41) is 0.795. The minimum absolute atomic E-state index is 0.303. The zero-order valence-electron chi connectivity index (χ0n) is 10.8. The number of carbonyl (C=O) groups excluding carboxylic acids is 1. The van der Waals surface area contributed by atoms with Crippen molar-refractivity contribution >= 4 is 17.6 Å². The van der Waals surface area contributed by atoms with E-state index in [1.165, 1.54) is 7.11 Å². The summed E-state index contributed by atoms with van der Waals surface area (Å²) < 4.78 is 6.64. The van der Waals surface area contributed by atoms with E-state index in [0.29, 0.717) is 5.69 Å². The molecule has 2 aromatic rings. The normalized spacial score (nSPS) is 10.4. The van der Waals surface area contributed by atoms with E-state index in [1.807, 2.05) is 41.1 Å². The Balaban J connectivity index is 1.95. The van der Waals surface area contributed by atoms with Crippen LogP contribution >= 0.6 is 11.6 Å². The predicted octanol–water partition coefficient (Wildman–Crippen LogP) is 3.56. The highest BCUT2D eigenvalue weighted by Gasteiger charge is 2.10. The molecule has 1 heterocycles. The Bertz CT molecular complexity index is 563. The van der Waals surface area contributed by atoms with Crippen molar-refractivity contribution in [2.24, 2.45) is 0 Å². The van der Waals surface area contributed by atoms with Gasteiger partial charge in [0.1, 0.15) is 5.69 Å². The van der Waals surface area contributed by atoms with Crippen molar-refractivity contribution in [3.8, 4) is 0 Å². The zero-order chi connectivity index (χ0) is 13.7. The number of aryl methyl sites for hydroxylation is 2. The van der Waals surface area contributed by atoms with Gasteiger partial charge in [-0.1, -0.05) is 29.8 Å². The summed E-state index contributed by atoms with van der Waals surface area (Å²) in [6.07, 6.45) is 3.69.